The summed E-state index contributed by atoms with van der Waals surface area (Å²) in [7, 11) is 0. The molecule has 5 heteroatoms. The van der Waals surface area contributed by atoms with Crippen molar-refractivity contribution in [2.45, 2.75) is 38.6 Å². The molecule has 2 aliphatic rings. The van der Waals surface area contributed by atoms with Crippen molar-refractivity contribution < 1.29 is 9.59 Å². The molecular formula is C16H19ClN2O2. The first-order chi connectivity index (χ1) is 10.1. The maximum atomic E-state index is 12.2. The zero-order chi connectivity index (χ0) is 15.0. The van der Waals surface area contributed by atoms with Crippen LogP contribution < -0.4 is 4.90 Å². The Morgan fingerprint density at radius 2 is 2.10 bits per heavy atom. The van der Waals surface area contributed by atoms with Crippen molar-refractivity contribution in [3.05, 3.63) is 28.8 Å². The van der Waals surface area contributed by atoms with Crippen LogP contribution in [0.2, 0.25) is 5.02 Å². The lowest BCUT2D eigenvalue weighted by atomic mass is 10.0. The molecule has 4 nitrogen and oxygen atoms in total. The van der Waals surface area contributed by atoms with Gasteiger partial charge in [0.25, 0.3) is 5.78 Å². The first-order valence-corrected chi connectivity index (χ1v) is 7.89. The molecule has 1 saturated heterocycles. The monoisotopic (exact) mass is 306 g/mol. The predicted octanol–water partition coefficient (Wildman–Crippen LogP) is 3.09. The number of anilines is 1. The number of ketones is 1. The molecule has 3 rings (SSSR count). The molecule has 112 valence electrons. The number of carbonyl (C=O) groups excluding carboxylic acids is 2. The van der Waals surface area contributed by atoms with Gasteiger partial charge in [-0.2, -0.15) is 0 Å². The number of fused-ring (bicyclic) bond motifs is 1. The van der Waals surface area contributed by atoms with Crippen molar-refractivity contribution in [1.29, 1.82) is 0 Å². The van der Waals surface area contributed by atoms with E-state index in [1.807, 2.05) is 0 Å². The van der Waals surface area contributed by atoms with Crippen molar-refractivity contribution in [3.8, 4) is 0 Å². The van der Waals surface area contributed by atoms with Gasteiger partial charge in [0.05, 0.1) is 17.9 Å². The zero-order valence-electron chi connectivity index (χ0n) is 12.1. The smallest absolute Gasteiger partial charge is 0.291 e. The minimum atomic E-state index is -0.447. The van der Waals surface area contributed by atoms with E-state index in [4.69, 9.17) is 11.6 Å². The molecule has 0 aliphatic carbocycles. The van der Waals surface area contributed by atoms with Gasteiger partial charge >= 0.3 is 5.91 Å². The van der Waals surface area contributed by atoms with Crippen LogP contribution in [0.25, 0.3) is 0 Å². The Balaban J connectivity index is 1.86. The van der Waals surface area contributed by atoms with Crippen molar-refractivity contribution in [3.63, 3.8) is 0 Å². The summed E-state index contributed by atoms with van der Waals surface area (Å²) < 4.78 is 0. The molecule has 1 aromatic rings. The number of carbonyl (C=O) groups is 2. The molecule has 1 aromatic carbocycles. The van der Waals surface area contributed by atoms with Gasteiger partial charge in [0, 0.05) is 17.6 Å². The topological polar surface area (TPSA) is 40.6 Å². The number of hydrogen-bond acceptors (Lipinski definition) is 3. The highest BCUT2D eigenvalue weighted by Gasteiger charge is 2.37. The average Bonchev–Trinajstić information content (AvgIpc) is 2.73. The molecule has 2 heterocycles. The van der Waals surface area contributed by atoms with E-state index in [2.05, 4.69) is 11.8 Å². The summed E-state index contributed by atoms with van der Waals surface area (Å²) in [5.41, 5.74) is 1.12. The molecule has 21 heavy (non-hydrogen) atoms. The van der Waals surface area contributed by atoms with Gasteiger partial charge in [-0.15, -0.1) is 0 Å². The second-order valence-electron chi connectivity index (χ2n) is 5.74. The third-order valence-electron chi connectivity index (χ3n) is 4.48. The standard InChI is InChI=1S/C16H19ClN2O2/c1-2-12-5-3-4-8-18(12)10-19-14-7-6-11(17)9-13(14)15(20)16(19)21/h6-7,9,12H,2-5,8,10H2,1H3/t12-/m1/s1. The van der Waals surface area contributed by atoms with Gasteiger partial charge in [-0.3, -0.25) is 19.4 Å². The maximum absolute atomic E-state index is 12.2. The average molecular weight is 307 g/mol. The van der Waals surface area contributed by atoms with Crippen molar-refractivity contribution >= 4 is 29.0 Å². The van der Waals surface area contributed by atoms with E-state index >= 15 is 0 Å². The number of Topliss-reactive ketones (excluding diaryl/α,β-unsaturated/α-hetero) is 1. The summed E-state index contributed by atoms with van der Waals surface area (Å²) in [6, 6.07) is 5.58. The fourth-order valence-electron chi connectivity index (χ4n) is 3.30. The highest BCUT2D eigenvalue weighted by Crippen LogP contribution is 2.32. The molecule has 0 spiro atoms. The Morgan fingerprint density at radius 1 is 1.29 bits per heavy atom. The van der Waals surface area contributed by atoms with Crippen LogP contribution in [-0.4, -0.2) is 35.8 Å². The molecule has 0 aromatic heterocycles. The molecule has 0 bridgehead atoms. The van der Waals surface area contributed by atoms with E-state index in [9.17, 15) is 9.59 Å². The number of halogens is 1. The van der Waals surface area contributed by atoms with E-state index in [0.29, 0.717) is 29.0 Å². The normalized spacial score (nSPS) is 22.8. The highest BCUT2D eigenvalue weighted by molar-refractivity contribution is 6.52. The number of amides is 1. The van der Waals surface area contributed by atoms with Gasteiger partial charge in [0.15, 0.2) is 0 Å². The Morgan fingerprint density at radius 3 is 2.86 bits per heavy atom. The number of hydrogen-bond donors (Lipinski definition) is 0. The van der Waals surface area contributed by atoms with Crippen molar-refractivity contribution in [1.82, 2.24) is 4.90 Å². The molecule has 0 radical (unpaired) electrons. The zero-order valence-corrected chi connectivity index (χ0v) is 12.9. The van der Waals surface area contributed by atoms with E-state index in [1.54, 1.807) is 23.1 Å². The lowest BCUT2D eigenvalue weighted by Crippen LogP contribution is -2.47. The van der Waals surface area contributed by atoms with Gasteiger partial charge in [-0.25, -0.2) is 0 Å². The van der Waals surface area contributed by atoms with E-state index in [-0.39, 0.29) is 0 Å². The lowest BCUT2D eigenvalue weighted by Gasteiger charge is -2.37. The SMILES string of the molecule is CC[C@@H]1CCCCN1CN1C(=O)C(=O)c2cc(Cl)ccc21. The lowest BCUT2D eigenvalue weighted by molar-refractivity contribution is -0.114. The third kappa shape index (κ3) is 2.58. The fourth-order valence-corrected chi connectivity index (χ4v) is 3.48. The van der Waals surface area contributed by atoms with Gasteiger partial charge in [0.1, 0.15) is 0 Å². The van der Waals surface area contributed by atoms with Gasteiger partial charge in [0.2, 0.25) is 0 Å². The number of likely N-dealkylation sites (tertiary alicyclic amines) is 1. The van der Waals surface area contributed by atoms with Crippen molar-refractivity contribution in [2.24, 2.45) is 0 Å². The van der Waals surface area contributed by atoms with Crippen LogP contribution >= 0.6 is 11.6 Å². The number of benzene rings is 1. The summed E-state index contributed by atoms with van der Waals surface area (Å²) in [4.78, 5) is 28.2. The highest BCUT2D eigenvalue weighted by atomic mass is 35.5. The maximum Gasteiger partial charge on any atom is 0.300 e. The molecule has 1 fully saturated rings. The Kier molecular flexibility index (Phi) is 4.00. The predicted molar refractivity (Wildman–Crippen MR) is 82.8 cm³/mol. The van der Waals surface area contributed by atoms with E-state index in [0.717, 1.165) is 19.4 Å². The molecule has 1 atom stereocenters. The molecule has 0 saturated carbocycles. The Hall–Kier alpha value is -1.39. The first kappa shape index (κ1) is 14.5. The van der Waals surface area contributed by atoms with E-state index < -0.39 is 11.7 Å². The van der Waals surface area contributed by atoms with E-state index in [1.165, 1.54) is 12.8 Å². The number of nitrogens with zero attached hydrogens (tertiary/aromatic N) is 2. The molecule has 0 unspecified atom stereocenters. The largest absolute Gasteiger partial charge is 0.300 e. The van der Waals surface area contributed by atoms with Crippen LogP contribution in [0.15, 0.2) is 18.2 Å². The van der Waals surface area contributed by atoms with Crippen LogP contribution in [0.5, 0.6) is 0 Å². The first-order valence-electron chi connectivity index (χ1n) is 7.51. The fraction of sp³-hybridized carbons (Fsp3) is 0.500. The second kappa shape index (κ2) is 5.78. The molecule has 2 aliphatic heterocycles. The van der Waals surface area contributed by atoms with Crippen LogP contribution in [-0.2, 0) is 4.79 Å². The minimum absolute atomic E-state index is 0.428. The summed E-state index contributed by atoms with van der Waals surface area (Å²) in [5.74, 6) is -0.884. The van der Waals surface area contributed by atoms with Crippen LogP contribution in [0.3, 0.4) is 0 Å². The van der Waals surface area contributed by atoms with Crippen LogP contribution in [0.4, 0.5) is 5.69 Å². The summed E-state index contributed by atoms with van der Waals surface area (Å²) in [6.45, 7) is 3.66. The summed E-state index contributed by atoms with van der Waals surface area (Å²) >= 11 is 5.93. The second-order valence-corrected chi connectivity index (χ2v) is 6.17. The number of piperidine rings is 1. The van der Waals surface area contributed by atoms with Gasteiger partial charge in [-0.1, -0.05) is 24.9 Å². The van der Waals surface area contributed by atoms with Crippen LogP contribution in [0.1, 0.15) is 43.0 Å². The third-order valence-corrected chi connectivity index (χ3v) is 4.71. The van der Waals surface area contributed by atoms with Crippen molar-refractivity contribution in [2.75, 3.05) is 18.1 Å². The quantitative estimate of drug-likeness (QED) is 0.806. The molecule has 0 N–H and O–H groups in total. The molecule has 1 amide bonds. The summed E-state index contributed by atoms with van der Waals surface area (Å²) in [6.07, 6.45) is 4.64. The summed E-state index contributed by atoms with van der Waals surface area (Å²) in [5, 5.41) is 0.487. The molecular weight excluding hydrogens is 288 g/mol. The Bertz CT molecular complexity index is 588. The number of rotatable bonds is 3. The Labute approximate surface area is 129 Å². The van der Waals surface area contributed by atoms with Gasteiger partial charge in [-0.05, 0) is 37.5 Å². The minimum Gasteiger partial charge on any atom is -0.291 e. The van der Waals surface area contributed by atoms with Gasteiger partial charge < -0.3 is 0 Å². The van der Waals surface area contributed by atoms with Crippen LogP contribution in [0, 0.1) is 0 Å².